The molecule has 0 radical (unpaired) electrons. The third-order valence-corrected chi connectivity index (χ3v) is 6.16. The number of hydrogen-bond acceptors (Lipinski definition) is 2. The van der Waals surface area contributed by atoms with Gasteiger partial charge in [0.15, 0.2) is 0 Å². The maximum absolute atomic E-state index is 9.75. The molecule has 0 N–H and O–H groups in total. The average molecular weight is 306 g/mol. The van der Waals surface area contributed by atoms with Gasteiger partial charge in [-0.1, -0.05) is 60.7 Å². The van der Waals surface area contributed by atoms with Crippen LogP contribution in [0.2, 0.25) is 0 Å². The molecule has 0 unspecified atom stereocenters. The maximum atomic E-state index is 9.75. The summed E-state index contributed by atoms with van der Waals surface area (Å²) in [6, 6.07) is 23.3. The molecule has 1 aliphatic rings. The summed E-state index contributed by atoms with van der Waals surface area (Å²) in [4.78, 5) is 2.29. The van der Waals surface area contributed by atoms with Crippen molar-refractivity contribution in [2.45, 2.75) is 12.8 Å². The predicted octanol–water partition coefficient (Wildman–Crippen LogP) is 3.58. The van der Waals surface area contributed by atoms with Gasteiger partial charge in [-0.2, -0.15) is 5.26 Å². The van der Waals surface area contributed by atoms with Crippen molar-refractivity contribution in [3.05, 3.63) is 72.2 Å². The summed E-state index contributed by atoms with van der Waals surface area (Å²) >= 11 is 0. The largest absolute Gasteiger partial charge is 0.376 e. The highest BCUT2D eigenvalue weighted by atomic mass is 31.1. The molecule has 1 aliphatic heterocycles. The van der Waals surface area contributed by atoms with E-state index >= 15 is 0 Å². The van der Waals surface area contributed by atoms with Crippen LogP contribution in [0.15, 0.2) is 72.2 Å². The number of nitrogens with zero attached hydrogens (tertiary/aromatic N) is 2. The summed E-state index contributed by atoms with van der Waals surface area (Å²) in [7, 11) is -0.772. The third kappa shape index (κ3) is 3.38. The lowest BCUT2D eigenvalue weighted by atomic mass is 10.4. The lowest BCUT2D eigenvalue weighted by Crippen LogP contribution is -2.16. The van der Waals surface area contributed by atoms with Crippen molar-refractivity contribution in [1.82, 2.24) is 4.90 Å². The second kappa shape index (κ2) is 7.25. The molecule has 0 amide bonds. The van der Waals surface area contributed by atoms with E-state index in [9.17, 15) is 5.26 Å². The predicted molar refractivity (Wildman–Crippen MR) is 93.6 cm³/mol. The minimum absolute atomic E-state index is 0.772. The Balaban J connectivity index is 2.03. The van der Waals surface area contributed by atoms with Gasteiger partial charge in [0.1, 0.15) is 6.07 Å². The molecular weight excluding hydrogens is 287 g/mol. The van der Waals surface area contributed by atoms with E-state index in [1.54, 1.807) is 0 Å². The van der Waals surface area contributed by atoms with Gasteiger partial charge in [0.25, 0.3) is 0 Å². The van der Waals surface area contributed by atoms with Crippen LogP contribution in [0, 0.1) is 11.3 Å². The van der Waals surface area contributed by atoms with E-state index < -0.39 is 7.92 Å². The van der Waals surface area contributed by atoms with Crippen molar-refractivity contribution in [2.75, 3.05) is 13.1 Å². The fourth-order valence-corrected chi connectivity index (χ4v) is 4.94. The summed E-state index contributed by atoms with van der Waals surface area (Å²) in [6.07, 6.45) is 4.55. The van der Waals surface area contributed by atoms with Gasteiger partial charge in [-0.15, -0.1) is 0 Å². The average Bonchev–Trinajstić information content (AvgIpc) is 3.09. The van der Waals surface area contributed by atoms with E-state index in [0.29, 0.717) is 0 Å². The third-order valence-electron chi connectivity index (χ3n) is 3.83. The molecule has 0 aromatic heterocycles. The van der Waals surface area contributed by atoms with Crippen molar-refractivity contribution < 1.29 is 0 Å². The first-order valence-corrected chi connectivity index (χ1v) is 8.99. The zero-order valence-electron chi connectivity index (χ0n) is 12.5. The van der Waals surface area contributed by atoms with Gasteiger partial charge in [-0.25, -0.2) is 0 Å². The summed E-state index contributed by atoms with van der Waals surface area (Å²) in [5.41, 5.74) is 0. The van der Waals surface area contributed by atoms with Crippen molar-refractivity contribution in [2.24, 2.45) is 0 Å². The molecule has 0 saturated carbocycles. The molecular formula is C19H19N2P. The summed E-state index contributed by atoms with van der Waals surface area (Å²) in [5, 5.41) is 13.1. The standard InChI is InChI=1S/C19H19N2P/c20-15-19(16-21-13-7-8-14-21)22(17-9-3-1-4-10-17)18-11-5-2-6-12-18/h1-6,9-12,16H,7-8,13-14H2/b19-16-. The molecule has 2 nitrogen and oxygen atoms in total. The molecule has 110 valence electrons. The van der Waals surface area contributed by atoms with Crippen LogP contribution in [-0.2, 0) is 0 Å². The van der Waals surface area contributed by atoms with E-state index in [-0.39, 0.29) is 0 Å². The fourth-order valence-electron chi connectivity index (χ4n) is 2.76. The highest BCUT2D eigenvalue weighted by molar-refractivity contribution is 7.77. The summed E-state index contributed by atoms with van der Waals surface area (Å²) in [6.45, 7) is 2.13. The number of likely N-dealkylation sites (tertiary alicyclic amines) is 1. The number of benzene rings is 2. The zero-order valence-corrected chi connectivity index (χ0v) is 13.4. The van der Waals surface area contributed by atoms with Gasteiger partial charge in [-0.3, -0.25) is 0 Å². The van der Waals surface area contributed by atoms with E-state index in [1.165, 1.54) is 23.5 Å². The van der Waals surface area contributed by atoms with Crippen LogP contribution >= 0.6 is 7.92 Å². The summed E-state index contributed by atoms with van der Waals surface area (Å²) < 4.78 is 0. The van der Waals surface area contributed by atoms with Crippen LogP contribution in [0.3, 0.4) is 0 Å². The molecule has 3 rings (SSSR count). The smallest absolute Gasteiger partial charge is 0.102 e. The van der Waals surface area contributed by atoms with Crippen LogP contribution in [0.5, 0.6) is 0 Å². The molecule has 2 aromatic rings. The van der Waals surface area contributed by atoms with Gasteiger partial charge >= 0.3 is 0 Å². The Morgan fingerprint density at radius 3 is 1.86 bits per heavy atom. The summed E-state index contributed by atoms with van der Waals surface area (Å²) in [5.74, 6) is 0. The zero-order chi connectivity index (χ0) is 15.2. The Hall–Kier alpha value is -2.10. The Morgan fingerprint density at radius 1 is 0.909 bits per heavy atom. The lowest BCUT2D eigenvalue weighted by molar-refractivity contribution is 0.467. The van der Waals surface area contributed by atoms with Crippen LogP contribution < -0.4 is 10.6 Å². The molecule has 22 heavy (non-hydrogen) atoms. The lowest BCUT2D eigenvalue weighted by Gasteiger charge is -2.20. The second-order valence-electron chi connectivity index (χ2n) is 5.38. The Morgan fingerprint density at radius 2 is 1.41 bits per heavy atom. The van der Waals surface area contributed by atoms with Crippen LogP contribution in [0.4, 0.5) is 0 Å². The van der Waals surface area contributed by atoms with E-state index in [0.717, 1.165) is 18.4 Å². The first-order valence-electron chi connectivity index (χ1n) is 7.65. The minimum atomic E-state index is -0.772. The van der Waals surface area contributed by atoms with Gasteiger partial charge in [0, 0.05) is 19.3 Å². The number of allylic oxidation sites excluding steroid dienone is 1. The first-order chi connectivity index (χ1) is 10.9. The molecule has 2 aromatic carbocycles. The highest BCUT2D eigenvalue weighted by Crippen LogP contribution is 2.42. The van der Waals surface area contributed by atoms with Crippen LogP contribution in [-0.4, -0.2) is 18.0 Å². The molecule has 0 spiro atoms. The molecule has 1 fully saturated rings. The van der Waals surface area contributed by atoms with Crippen LogP contribution in [0.1, 0.15) is 12.8 Å². The normalized spacial score (nSPS) is 15.1. The molecule has 3 heteroatoms. The Bertz CT molecular complexity index is 628. The van der Waals surface area contributed by atoms with E-state index in [4.69, 9.17) is 0 Å². The molecule has 1 saturated heterocycles. The number of nitriles is 1. The minimum Gasteiger partial charge on any atom is -0.376 e. The topological polar surface area (TPSA) is 27.0 Å². The van der Waals surface area contributed by atoms with Crippen molar-refractivity contribution >= 4 is 18.5 Å². The highest BCUT2D eigenvalue weighted by Gasteiger charge is 2.20. The van der Waals surface area contributed by atoms with Crippen molar-refractivity contribution in [3.8, 4) is 6.07 Å². The number of hydrogen-bond donors (Lipinski definition) is 0. The van der Waals surface area contributed by atoms with Crippen molar-refractivity contribution in [3.63, 3.8) is 0 Å². The monoisotopic (exact) mass is 306 g/mol. The fraction of sp³-hybridized carbons (Fsp3) is 0.211. The maximum Gasteiger partial charge on any atom is 0.102 e. The van der Waals surface area contributed by atoms with Gasteiger partial charge < -0.3 is 4.90 Å². The Kier molecular flexibility index (Phi) is 4.88. The first kappa shape index (κ1) is 14.8. The molecule has 0 aliphatic carbocycles. The van der Waals surface area contributed by atoms with Crippen molar-refractivity contribution in [1.29, 1.82) is 5.26 Å². The second-order valence-corrected chi connectivity index (χ2v) is 7.56. The van der Waals surface area contributed by atoms with E-state index in [2.05, 4.69) is 65.7 Å². The van der Waals surface area contributed by atoms with Crippen LogP contribution in [0.25, 0.3) is 0 Å². The quantitative estimate of drug-likeness (QED) is 0.638. The molecule has 1 heterocycles. The SMILES string of the molecule is N#C/C(=C/N1CCCC1)P(c1ccccc1)c1ccccc1. The van der Waals surface area contributed by atoms with Gasteiger partial charge in [0.2, 0.25) is 0 Å². The Labute approximate surface area is 133 Å². The van der Waals surface area contributed by atoms with Gasteiger partial charge in [-0.05, 0) is 31.4 Å². The van der Waals surface area contributed by atoms with E-state index in [1.807, 2.05) is 12.1 Å². The number of rotatable bonds is 4. The van der Waals surface area contributed by atoms with Gasteiger partial charge in [0.05, 0.1) is 5.31 Å². The molecule has 0 bridgehead atoms. The molecule has 0 atom stereocenters.